The second kappa shape index (κ2) is 8.08. The number of aromatic amines is 2. The standard InChI is InChI=1S/C22H17F3N6O2/c23-14-8-13(9-15(24)20(14)25)26-21(32)12-5-6-31(10-12)22(33)18-4-3-16(27-18)11-1-2-17-19(7-11)29-30-28-17/h1-4,7-9,12,27H,5-6,10H2,(H,26,32)(H,28,29,30)/t12-/m0/s1. The summed E-state index contributed by atoms with van der Waals surface area (Å²) in [5, 5.41) is 12.9. The fourth-order valence-electron chi connectivity index (χ4n) is 3.90. The maximum atomic E-state index is 13.4. The van der Waals surface area contributed by atoms with E-state index in [1.54, 1.807) is 12.1 Å². The summed E-state index contributed by atoms with van der Waals surface area (Å²) in [6, 6.07) is 10.4. The van der Waals surface area contributed by atoms with E-state index in [1.807, 2.05) is 18.2 Å². The Bertz CT molecular complexity index is 1360. The van der Waals surface area contributed by atoms with E-state index in [9.17, 15) is 22.8 Å². The van der Waals surface area contributed by atoms with Gasteiger partial charge in [-0.3, -0.25) is 14.7 Å². The lowest BCUT2D eigenvalue weighted by molar-refractivity contribution is -0.119. The molecule has 2 amide bonds. The highest BCUT2D eigenvalue weighted by Crippen LogP contribution is 2.25. The largest absolute Gasteiger partial charge is 0.351 e. The Balaban J connectivity index is 1.25. The van der Waals surface area contributed by atoms with Crippen LogP contribution in [0.4, 0.5) is 18.9 Å². The number of H-pyrrole nitrogens is 2. The molecule has 8 nitrogen and oxygen atoms in total. The number of aromatic nitrogens is 4. The zero-order valence-electron chi connectivity index (χ0n) is 17.0. The zero-order valence-corrected chi connectivity index (χ0v) is 17.0. The average molecular weight is 454 g/mol. The van der Waals surface area contributed by atoms with Crippen LogP contribution in [0.15, 0.2) is 42.5 Å². The Morgan fingerprint density at radius 1 is 1.06 bits per heavy atom. The normalized spacial score (nSPS) is 15.8. The number of amides is 2. The molecule has 1 aliphatic rings. The summed E-state index contributed by atoms with van der Waals surface area (Å²) >= 11 is 0. The first-order valence-electron chi connectivity index (χ1n) is 10.1. The van der Waals surface area contributed by atoms with Crippen LogP contribution in [0.3, 0.4) is 0 Å². The van der Waals surface area contributed by atoms with Crippen LogP contribution < -0.4 is 5.32 Å². The highest BCUT2D eigenvalue weighted by molar-refractivity contribution is 5.96. The molecule has 1 atom stereocenters. The van der Waals surface area contributed by atoms with Crippen LogP contribution in [0.25, 0.3) is 22.3 Å². The molecular weight excluding hydrogens is 437 g/mol. The number of carbonyl (C=O) groups excluding carboxylic acids is 2. The third-order valence-corrected chi connectivity index (χ3v) is 5.65. The Labute approximate surface area is 184 Å². The minimum atomic E-state index is -1.60. The van der Waals surface area contributed by atoms with Crippen LogP contribution in [0, 0.1) is 23.4 Å². The minimum absolute atomic E-state index is 0.149. The number of halogens is 3. The number of hydrogen-bond acceptors (Lipinski definition) is 4. The fourth-order valence-corrected chi connectivity index (χ4v) is 3.90. The van der Waals surface area contributed by atoms with Gasteiger partial charge in [0.15, 0.2) is 17.5 Å². The average Bonchev–Trinajstić information content (AvgIpc) is 3.56. The van der Waals surface area contributed by atoms with Gasteiger partial charge < -0.3 is 15.2 Å². The van der Waals surface area contributed by atoms with E-state index in [-0.39, 0.29) is 18.1 Å². The molecule has 4 aromatic rings. The van der Waals surface area contributed by atoms with Gasteiger partial charge in [0.2, 0.25) is 5.91 Å². The molecule has 2 aromatic heterocycles. The van der Waals surface area contributed by atoms with E-state index in [0.717, 1.165) is 16.8 Å². The molecule has 11 heteroatoms. The molecule has 0 unspecified atom stereocenters. The number of fused-ring (bicyclic) bond motifs is 1. The summed E-state index contributed by atoms with van der Waals surface area (Å²) in [5.74, 6) is -5.70. The summed E-state index contributed by atoms with van der Waals surface area (Å²) in [6.45, 7) is 0.498. The van der Waals surface area contributed by atoms with Gasteiger partial charge in [0.25, 0.3) is 5.91 Å². The topological polar surface area (TPSA) is 107 Å². The summed E-state index contributed by atoms with van der Waals surface area (Å²) in [5.41, 5.74) is 3.26. The molecule has 0 saturated carbocycles. The zero-order chi connectivity index (χ0) is 23.1. The van der Waals surface area contributed by atoms with Gasteiger partial charge in [-0.2, -0.15) is 0 Å². The summed E-state index contributed by atoms with van der Waals surface area (Å²) in [4.78, 5) is 30.0. The number of hydrogen-bond donors (Lipinski definition) is 3. The van der Waals surface area contributed by atoms with Gasteiger partial charge in [0, 0.05) is 42.2 Å². The molecule has 0 bridgehead atoms. The second-order valence-corrected chi connectivity index (χ2v) is 7.81. The van der Waals surface area contributed by atoms with E-state index in [0.29, 0.717) is 36.3 Å². The van der Waals surface area contributed by atoms with Gasteiger partial charge in [-0.1, -0.05) is 11.3 Å². The number of anilines is 1. The van der Waals surface area contributed by atoms with Crippen molar-refractivity contribution < 1.29 is 22.8 Å². The van der Waals surface area contributed by atoms with Crippen molar-refractivity contribution in [1.82, 2.24) is 25.3 Å². The molecule has 1 saturated heterocycles. The number of nitrogens with one attached hydrogen (secondary N) is 3. The maximum absolute atomic E-state index is 13.4. The second-order valence-electron chi connectivity index (χ2n) is 7.81. The summed E-state index contributed by atoms with van der Waals surface area (Å²) in [6.07, 6.45) is 0.389. The summed E-state index contributed by atoms with van der Waals surface area (Å²) < 4.78 is 39.9. The van der Waals surface area contributed by atoms with Crippen LogP contribution in [0.1, 0.15) is 16.9 Å². The SMILES string of the molecule is O=C(Nc1cc(F)c(F)c(F)c1)[C@H]1CCN(C(=O)c2ccc(-c3ccc4[nH]nnc4c3)[nH]2)C1. The lowest BCUT2D eigenvalue weighted by Gasteiger charge is -2.16. The molecule has 5 rings (SSSR count). The van der Waals surface area contributed by atoms with Crippen molar-refractivity contribution in [3.8, 4) is 11.3 Å². The van der Waals surface area contributed by atoms with E-state index < -0.39 is 29.3 Å². The first kappa shape index (κ1) is 20.7. The molecule has 3 heterocycles. The Kier molecular flexibility index (Phi) is 5.08. The Morgan fingerprint density at radius 3 is 2.64 bits per heavy atom. The highest BCUT2D eigenvalue weighted by atomic mass is 19.2. The quantitative estimate of drug-likeness (QED) is 0.411. The Morgan fingerprint density at radius 2 is 1.85 bits per heavy atom. The predicted molar refractivity (Wildman–Crippen MR) is 113 cm³/mol. The van der Waals surface area contributed by atoms with Gasteiger partial charge in [-0.15, -0.1) is 5.10 Å². The van der Waals surface area contributed by atoms with Gasteiger partial charge >= 0.3 is 0 Å². The lowest BCUT2D eigenvalue weighted by Crippen LogP contribution is -2.31. The van der Waals surface area contributed by atoms with Crippen LogP contribution in [0.5, 0.6) is 0 Å². The molecule has 0 spiro atoms. The molecule has 0 radical (unpaired) electrons. The fraction of sp³-hybridized carbons (Fsp3) is 0.182. The molecule has 1 aliphatic heterocycles. The van der Waals surface area contributed by atoms with Crippen molar-refractivity contribution >= 4 is 28.5 Å². The van der Waals surface area contributed by atoms with Crippen molar-refractivity contribution in [2.45, 2.75) is 6.42 Å². The van der Waals surface area contributed by atoms with Crippen molar-refractivity contribution in [2.24, 2.45) is 5.92 Å². The number of carbonyl (C=O) groups is 2. The molecule has 2 aromatic carbocycles. The number of nitrogens with zero attached hydrogens (tertiary/aromatic N) is 3. The van der Waals surface area contributed by atoms with Crippen molar-refractivity contribution in [3.63, 3.8) is 0 Å². The van der Waals surface area contributed by atoms with E-state index in [2.05, 4.69) is 25.7 Å². The number of likely N-dealkylation sites (tertiary alicyclic amines) is 1. The van der Waals surface area contributed by atoms with E-state index >= 15 is 0 Å². The Hall–Kier alpha value is -4.15. The van der Waals surface area contributed by atoms with Gasteiger partial charge in [-0.05, 0) is 30.7 Å². The van der Waals surface area contributed by atoms with Gasteiger partial charge in [0.05, 0.1) is 11.4 Å². The van der Waals surface area contributed by atoms with Crippen molar-refractivity contribution in [3.05, 3.63) is 65.6 Å². The molecule has 33 heavy (non-hydrogen) atoms. The first-order chi connectivity index (χ1) is 15.9. The van der Waals surface area contributed by atoms with E-state index in [1.165, 1.54) is 4.90 Å². The molecular formula is C22H17F3N6O2. The van der Waals surface area contributed by atoms with Gasteiger partial charge in [0.1, 0.15) is 11.2 Å². The van der Waals surface area contributed by atoms with Crippen LogP contribution in [-0.4, -0.2) is 50.2 Å². The highest BCUT2D eigenvalue weighted by Gasteiger charge is 2.32. The number of rotatable bonds is 4. The van der Waals surface area contributed by atoms with Crippen LogP contribution in [0.2, 0.25) is 0 Å². The maximum Gasteiger partial charge on any atom is 0.270 e. The first-order valence-corrected chi connectivity index (χ1v) is 10.1. The molecule has 1 fully saturated rings. The lowest BCUT2D eigenvalue weighted by atomic mass is 10.1. The molecule has 168 valence electrons. The van der Waals surface area contributed by atoms with Crippen molar-refractivity contribution in [2.75, 3.05) is 18.4 Å². The monoisotopic (exact) mass is 454 g/mol. The van der Waals surface area contributed by atoms with E-state index in [4.69, 9.17) is 0 Å². The predicted octanol–water partition coefficient (Wildman–Crippen LogP) is 3.47. The van der Waals surface area contributed by atoms with Crippen LogP contribution >= 0.6 is 0 Å². The molecule has 3 N–H and O–H groups in total. The smallest absolute Gasteiger partial charge is 0.270 e. The third kappa shape index (κ3) is 3.93. The molecule has 0 aliphatic carbocycles. The summed E-state index contributed by atoms with van der Waals surface area (Å²) in [7, 11) is 0. The number of benzene rings is 2. The minimum Gasteiger partial charge on any atom is -0.351 e. The van der Waals surface area contributed by atoms with Gasteiger partial charge in [-0.25, -0.2) is 13.2 Å². The van der Waals surface area contributed by atoms with Crippen LogP contribution in [-0.2, 0) is 4.79 Å². The third-order valence-electron chi connectivity index (χ3n) is 5.65. The van der Waals surface area contributed by atoms with Crippen molar-refractivity contribution in [1.29, 1.82) is 0 Å².